The molecule has 0 radical (unpaired) electrons. The summed E-state index contributed by atoms with van der Waals surface area (Å²) in [7, 11) is 0. The van der Waals surface area contributed by atoms with Crippen molar-refractivity contribution in [3.05, 3.63) is 52.2 Å². The molecule has 0 fully saturated rings. The molecule has 0 aliphatic rings. The van der Waals surface area contributed by atoms with E-state index in [1.807, 2.05) is 13.0 Å². The first kappa shape index (κ1) is 12.2. The molecule has 90 valence electrons. The molecule has 0 saturated carbocycles. The van der Waals surface area contributed by atoms with Gasteiger partial charge in [-0.05, 0) is 12.5 Å². The number of hydrogen-bond acceptors (Lipinski definition) is 3. The lowest BCUT2D eigenvalue weighted by atomic mass is 9.84. The van der Waals surface area contributed by atoms with E-state index in [9.17, 15) is 4.39 Å². The number of nitrogens with zero attached hydrogens (tertiary/aromatic N) is 1. The van der Waals surface area contributed by atoms with Gasteiger partial charge in [0.15, 0.2) is 0 Å². The number of rotatable bonds is 4. The number of aromatic nitrogens is 1. The normalized spacial score (nSPS) is 14.5. The third-order valence-corrected chi connectivity index (χ3v) is 3.79. The van der Waals surface area contributed by atoms with Crippen LogP contribution in [0.2, 0.25) is 0 Å². The molecule has 4 heteroatoms. The largest absolute Gasteiger partial charge is 0.321 e. The monoisotopic (exact) mass is 250 g/mol. The minimum Gasteiger partial charge on any atom is -0.321 e. The van der Waals surface area contributed by atoms with Crippen LogP contribution in [0.3, 0.4) is 0 Å². The fourth-order valence-electron chi connectivity index (χ4n) is 1.92. The lowest BCUT2D eigenvalue weighted by molar-refractivity contribution is 0.405. The van der Waals surface area contributed by atoms with Crippen molar-refractivity contribution >= 4 is 11.3 Å². The van der Waals surface area contributed by atoms with E-state index in [2.05, 4.69) is 4.98 Å². The highest BCUT2D eigenvalue weighted by atomic mass is 32.1. The third-order valence-electron chi connectivity index (χ3n) is 3.01. The first-order valence-electron chi connectivity index (χ1n) is 5.57. The molecule has 1 atom stereocenters. The number of halogens is 1. The summed E-state index contributed by atoms with van der Waals surface area (Å²) in [6.07, 6.45) is 3.10. The molecule has 1 heterocycles. The predicted molar refractivity (Wildman–Crippen MR) is 68.4 cm³/mol. The second kappa shape index (κ2) is 4.94. The number of hydrogen-bond donors (Lipinski definition) is 1. The second-order valence-electron chi connectivity index (χ2n) is 4.13. The van der Waals surface area contributed by atoms with Crippen LogP contribution in [0, 0.1) is 5.82 Å². The molecule has 0 bridgehead atoms. The van der Waals surface area contributed by atoms with Gasteiger partial charge in [-0.2, -0.15) is 0 Å². The average molecular weight is 250 g/mol. The maximum absolute atomic E-state index is 13.8. The summed E-state index contributed by atoms with van der Waals surface area (Å²) in [5.74, 6) is -0.235. The van der Waals surface area contributed by atoms with Crippen LogP contribution in [-0.4, -0.2) is 4.98 Å². The van der Waals surface area contributed by atoms with Crippen LogP contribution in [0.15, 0.2) is 36.0 Å². The Hall–Kier alpha value is -1.26. The Bertz CT molecular complexity index is 484. The molecule has 1 aromatic heterocycles. The van der Waals surface area contributed by atoms with Crippen LogP contribution >= 0.6 is 11.3 Å². The van der Waals surface area contributed by atoms with Crippen LogP contribution in [0.25, 0.3) is 0 Å². The minimum absolute atomic E-state index is 0.235. The van der Waals surface area contributed by atoms with Crippen molar-refractivity contribution in [2.45, 2.75) is 25.3 Å². The third kappa shape index (κ3) is 2.53. The highest BCUT2D eigenvalue weighted by molar-refractivity contribution is 7.09. The van der Waals surface area contributed by atoms with Crippen molar-refractivity contribution in [1.29, 1.82) is 0 Å². The highest BCUT2D eigenvalue weighted by Crippen LogP contribution is 2.29. The van der Waals surface area contributed by atoms with E-state index < -0.39 is 5.54 Å². The van der Waals surface area contributed by atoms with Gasteiger partial charge in [0.05, 0.1) is 5.51 Å². The standard InChI is InChI=1S/C13H15FN2S/c1-2-13(15,7-10-8-16-9-17-10)11-5-3-4-6-12(11)14/h3-6,8-9H,2,7,15H2,1H3. The molecular weight excluding hydrogens is 235 g/mol. The summed E-state index contributed by atoms with van der Waals surface area (Å²) in [6, 6.07) is 6.73. The summed E-state index contributed by atoms with van der Waals surface area (Å²) in [5, 5.41) is 0. The van der Waals surface area contributed by atoms with E-state index in [-0.39, 0.29) is 5.82 Å². The van der Waals surface area contributed by atoms with Gasteiger partial charge in [-0.1, -0.05) is 25.1 Å². The zero-order chi connectivity index (χ0) is 12.3. The molecule has 1 aromatic carbocycles. The molecule has 0 spiro atoms. The van der Waals surface area contributed by atoms with Crippen molar-refractivity contribution in [1.82, 2.24) is 4.98 Å². The van der Waals surface area contributed by atoms with Crippen molar-refractivity contribution in [3.63, 3.8) is 0 Å². The van der Waals surface area contributed by atoms with E-state index in [1.165, 1.54) is 6.07 Å². The Morgan fingerprint density at radius 3 is 2.76 bits per heavy atom. The summed E-state index contributed by atoms with van der Waals surface area (Å²) in [6.45, 7) is 1.98. The van der Waals surface area contributed by atoms with E-state index in [4.69, 9.17) is 5.73 Å². The Morgan fingerprint density at radius 2 is 2.18 bits per heavy atom. The lowest BCUT2D eigenvalue weighted by Gasteiger charge is -2.28. The number of benzene rings is 1. The minimum atomic E-state index is -0.655. The van der Waals surface area contributed by atoms with Gasteiger partial charge in [-0.15, -0.1) is 11.3 Å². The summed E-state index contributed by atoms with van der Waals surface area (Å²) >= 11 is 1.55. The van der Waals surface area contributed by atoms with Crippen molar-refractivity contribution in [3.8, 4) is 0 Å². The quantitative estimate of drug-likeness (QED) is 0.905. The molecular formula is C13H15FN2S. The van der Waals surface area contributed by atoms with Gasteiger partial charge in [0, 0.05) is 28.6 Å². The predicted octanol–water partition coefficient (Wildman–Crippen LogP) is 3.09. The van der Waals surface area contributed by atoms with Crippen LogP contribution in [0.1, 0.15) is 23.8 Å². The molecule has 0 amide bonds. The first-order chi connectivity index (χ1) is 8.15. The van der Waals surface area contributed by atoms with E-state index in [0.29, 0.717) is 18.4 Å². The SMILES string of the molecule is CCC(N)(Cc1cncs1)c1ccccc1F. The Morgan fingerprint density at radius 1 is 1.41 bits per heavy atom. The maximum atomic E-state index is 13.8. The Kier molecular flexibility index (Phi) is 3.54. The van der Waals surface area contributed by atoms with Crippen LogP contribution in [0.4, 0.5) is 4.39 Å². The lowest BCUT2D eigenvalue weighted by Crippen LogP contribution is -2.39. The zero-order valence-electron chi connectivity index (χ0n) is 9.69. The molecule has 0 aliphatic heterocycles. The molecule has 0 aliphatic carbocycles. The Labute approximate surface area is 104 Å². The maximum Gasteiger partial charge on any atom is 0.128 e. The van der Waals surface area contributed by atoms with Gasteiger partial charge in [0.25, 0.3) is 0 Å². The zero-order valence-corrected chi connectivity index (χ0v) is 10.5. The smallest absolute Gasteiger partial charge is 0.128 e. The van der Waals surface area contributed by atoms with Gasteiger partial charge in [0.1, 0.15) is 5.82 Å². The van der Waals surface area contributed by atoms with E-state index in [1.54, 1.807) is 35.2 Å². The molecule has 2 nitrogen and oxygen atoms in total. The fraction of sp³-hybridized carbons (Fsp3) is 0.308. The van der Waals surface area contributed by atoms with Crippen LogP contribution in [-0.2, 0) is 12.0 Å². The summed E-state index contributed by atoms with van der Waals surface area (Å²) in [5.41, 5.74) is 8.04. The average Bonchev–Trinajstić information content (AvgIpc) is 2.82. The first-order valence-corrected chi connectivity index (χ1v) is 6.45. The Balaban J connectivity index is 2.34. The van der Waals surface area contributed by atoms with Crippen molar-refractivity contribution in [2.75, 3.05) is 0 Å². The summed E-state index contributed by atoms with van der Waals surface area (Å²) < 4.78 is 13.8. The number of nitrogens with two attached hydrogens (primary N) is 1. The van der Waals surface area contributed by atoms with Crippen molar-refractivity contribution < 1.29 is 4.39 Å². The van der Waals surface area contributed by atoms with Gasteiger partial charge < -0.3 is 5.73 Å². The van der Waals surface area contributed by atoms with Gasteiger partial charge in [0.2, 0.25) is 0 Å². The molecule has 2 aromatic rings. The van der Waals surface area contributed by atoms with Crippen LogP contribution in [0.5, 0.6) is 0 Å². The van der Waals surface area contributed by atoms with E-state index in [0.717, 1.165) is 4.88 Å². The van der Waals surface area contributed by atoms with Gasteiger partial charge in [-0.3, -0.25) is 4.98 Å². The van der Waals surface area contributed by atoms with Gasteiger partial charge >= 0.3 is 0 Å². The molecule has 2 N–H and O–H groups in total. The van der Waals surface area contributed by atoms with Gasteiger partial charge in [-0.25, -0.2) is 4.39 Å². The van der Waals surface area contributed by atoms with Crippen LogP contribution < -0.4 is 5.73 Å². The van der Waals surface area contributed by atoms with E-state index >= 15 is 0 Å². The van der Waals surface area contributed by atoms with Crippen molar-refractivity contribution in [2.24, 2.45) is 5.73 Å². The second-order valence-corrected chi connectivity index (χ2v) is 5.10. The number of thiazole rings is 1. The molecule has 2 rings (SSSR count). The molecule has 17 heavy (non-hydrogen) atoms. The molecule has 0 saturated heterocycles. The molecule has 1 unspecified atom stereocenters. The fourth-order valence-corrected chi connectivity index (χ4v) is 2.64. The summed E-state index contributed by atoms with van der Waals surface area (Å²) in [4.78, 5) is 5.11. The topological polar surface area (TPSA) is 38.9 Å². The highest BCUT2D eigenvalue weighted by Gasteiger charge is 2.28.